The number of benzene rings is 2. The molecule has 2 N–H and O–H groups in total. The first-order valence-corrected chi connectivity index (χ1v) is 5.80. The lowest BCUT2D eigenvalue weighted by molar-refractivity contribution is 0.0817. The number of anilines is 1. The van der Waals surface area contributed by atoms with E-state index in [1.165, 1.54) is 6.08 Å². The molecule has 94 valence electrons. The van der Waals surface area contributed by atoms with Crippen molar-refractivity contribution in [1.29, 1.82) is 0 Å². The Kier molecular flexibility index (Phi) is 3.57. The van der Waals surface area contributed by atoms with Crippen LogP contribution in [0, 0.1) is 0 Å². The van der Waals surface area contributed by atoms with Crippen molar-refractivity contribution in [2.75, 3.05) is 5.73 Å². The lowest BCUT2D eigenvalue weighted by Gasteiger charge is -2.07. The van der Waals surface area contributed by atoms with Crippen LogP contribution in [0.2, 0.25) is 0 Å². The van der Waals surface area contributed by atoms with Crippen LogP contribution in [0.4, 0.5) is 5.69 Å². The molecule has 0 fully saturated rings. The van der Waals surface area contributed by atoms with Crippen LogP contribution in [0.25, 0.3) is 6.08 Å². The molecule has 0 aliphatic rings. The molecular formula is C16H13NO2. The SMILES string of the molecule is C=Cc1c(N)cccc1C(=O)C(=O)c1ccccc1. The summed E-state index contributed by atoms with van der Waals surface area (Å²) in [6, 6.07) is 13.3. The first-order chi connectivity index (χ1) is 9.15. The van der Waals surface area contributed by atoms with Crippen LogP contribution in [-0.2, 0) is 0 Å². The predicted molar refractivity (Wildman–Crippen MR) is 76.0 cm³/mol. The number of hydrogen-bond donors (Lipinski definition) is 1. The molecular weight excluding hydrogens is 238 g/mol. The van der Waals surface area contributed by atoms with Gasteiger partial charge in [-0.15, -0.1) is 0 Å². The standard InChI is InChI=1S/C16H13NO2/c1-2-12-13(9-6-10-14(12)17)16(19)15(18)11-7-4-3-5-8-11/h2-10H,1,17H2. The number of Topliss-reactive ketones (excluding diaryl/α,β-unsaturated/α-hetero) is 2. The van der Waals surface area contributed by atoms with Crippen LogP contribution in [0.5, 0.6) is 0 Å². The molecule has 0 saturated carbocycles. The molecule has 2 aromatic rings. The first-order valence-electron chi connectivity index (χ1n) is 5.80. The summed E-state index contributed by atoms with van der Waals surface area (Å²) in [5.74, 6) is -1.12. The Morgan fingerprint density at radius 1 is 0.947 bits per heavy atom. The summed E-state index contributed by atoms with van der Waals surface area (Å²) in [5, 5.41) is 0. The van der Waals surface area contributed by atoms with Crippen molar-refractivity contribution in [1.82, 2.24) is 0 Å². The molecule has 0 aliphatic carbocycles. The zero-order chi connectivity index (χ0) is 13.8. The fraction of sp³-hybridized carbons (Fsp3) is 0. The van der Waals surface area contributed by atoms with Crippen LogP contribution in [-0.4, -0.2) is 11.6 Å². The number of hydrogen-bond acceptors (Lipinski definition) is 3. The molecule has 0 saturated heterocycles. The Hall–Kier alpha value is -2.68. The molecule has 0 unspecified atom stereocenters. The van der Waals surface area contributed by atoms with E-state index in [1.807, 2.05) is 0 Å². The van der Waals surface area contributed by atoms with Gasteiger partial charge < -0.3 is 5.73 Å². The molecule has 2 aromatic carbocycles. The van der Waals surface area contributed by atoms with Crippen molar-refractivity contribution < 1.29 is 9.59 Å². The molecule has 0 bridgehead atoms. The summed E-state index contributed by atoms with van der Waals surface area (Å²) in [6.07, 6.45) is 1.49. The van der Waals surface area contributed by atoms with E-state index in [0.29, 0.717) is 16.8 Å². The number of nitrogen functional groups attached to an aromatic ring is 1. The van der Waals surface area contributed by atoms with Gasteiger partial charge in [-0.3, -0.25) is 9.59 Å². The van der Waals surface area contributed by atoms with Crippen LogP contribution in [0.3, 0.4) is 0 Å². The summed E-state index contributed by atoms with van der Waals surface area (Å²) in [5.41, 5.74) is 7.35. The van der Waals surface area contributed by atoms with E-state index < -0.39 is 11.6 Å². The van der Waals surface area contributed by atoms with Crippen molar-refractivity contribution in [3.05, 3.63) is 71.8 Å². The Labute approximate surface area is 111 Å². The minimum absolute atomic E-state index is 0.281. The monoisotopic (exact) mass is 251 g/mol. The molecule has 19 heavy (non-hydrogen) atoms. The molecule has 3 heteroatoms. The third-order valence-corrected chi connectivity index (χ3v) is 2.83. The highest BCUT2D eigenvalue weighted by molar-refractivity contribution is 6.49. The quantitative estimate of drug-likeness (QED) is 0.516. The van der Waals surface area contributed by atoms with Crippen molar-refractivity contribution in [2.24, 2.45) is 0 Å². The summed E-state index contributed by atoms with van der Waals surface area (Å²) in [4.78, 5) is 24.3. The van der Waals surface area contributed by atoms with Crippen molar-refractivity contribution in [3.63, 3.8) is 0 Å². The Morgan fingerprint density at radius 2 is 1.63 bits per heavy atom. The smallest absolute Gasteiger partial charge is 0.234 e. The fourth-order valence-corrected chi connectivity index (χ4v) is 1.85. The van der Waals surface area contributed by atoms with Gasteiger partial charge in [0.25, 0.3) is 0 Å². The van der Waals surface area contributed by atoms with Gasteiger partial charge in [0.05, 0.1) is 0 Å². The lowest BCUT2D eigenvalue weighted by atomic mass is 9.96. The Morgan fingerprint density at radius 3 is 2.26 bits per heavy atom. The maximum absolute atomic E-state index is 12.2. The third-order valence-electron chi connectivity index (χ3n) is 2.83. The molecule has 0 aromatic heterocycles. The topological polar surface area (TPSA) is 60.2 Å². The van der Waals surface area contributed by atoms with E-state index in [4.69, 9.17) is 5.73 Å². The van der Waals surface area contributed by atoms with Crippen molar-refractivity contribution in [2.45, 2.75) is 0 Å². The maximum atomic E-state index is 12.2. The van der Waals surface area contributed by atoms with E-state index in [0.717, 1.165) is 0 Å². The van der Waals surface area contributed by atoms with E-state index in [-0.39, 0.29) is 5.56 Å². The van der Waals surface area contributed by atoms with Crippen LogP contribution in [0.1, 0.15) is 26.3 Å². The number of carbonyl (C=O) groups is 2. The van der Waals surface area contributed by atoms with Crippen molar-refractivity contribution in [3.8, 4) is 0 Å². The summed E-state index contributed by atoms with van der Waals surface area (Å²) >= 11 is 0. The van der Waals surface area contributed by atoms with Gasteiger partial charge in [-0.05, 0) is 6.07 Å². The van der Waals surface area contributed by atoms with E-state index in [9.17, 15) is 9.59 Å². The van der Waals surface area contributed by atoms with Gasteiger partial charge in [0.1, 0.15) is 0 Å². The second kappa shape index (κ2) is 5.31. The van der Waals surface area contributed by atoms with Gasteiger partial charge in [-0.2, -0.15) is 0 Å². The largest absolute Gasteiger partial charge is 0.398 e. The zero-order valence-electron chi connectivity index (χ0n) is 10.3. The molecule has 0 heterocycles. The molecule has 3 nitrogen and oxygen atoms in total. The third kappa shape index (κ3) is 2.45. The average molecular weight is 251 g/mol. The summed E-state index contributed by atoms with van der Waals surface area (Å²) in [7, 11) is 0. The highest BCUT2D eigenvalue weighted by Crippen LogP contribution is 2.20. The highest BCUT2D eigenvalue weighted by Gasteiger charge is 2.20. The minimum atomic E-state index is -0.576. The molecule has 0 spiro atoms. The second-order valence-electron chi connectivity index (χ2n) is 4.04. The van der Waals surface area contributed by atoms with Crippen molar-refractivity contribution >= 4 is 23.3 Å². The van der Waals surface area contributed by atoms with Gasteiger partial charge >= 0.3 is 0 Å². The van der Waals surface area contributed by atoms with Crippen LogP contribution >= 0.6 is 0 Å². The molecule has 0 radical (unpaired) electrons. The lowest BCUT2D eigenvalue weighted by Crippen LogP contribution is -2.16. The number of rotatable bonds is 4. The minimum Gasteiger partial charge on any atom is -0.398 e. The second-order valence-corrected chi connectivity index (χ2v) is 4.04. The van der Waals surface area contributed by atoms with Gasteiger partial charge in [0, 0.05) is 22.4 Å². The fourth-order valence-electron chi connectivity index (χ4n) is 1.85. The van der Waals surface area contributed by atoms with Crippen LogP contribution in [0.15, 0.2) is 55.1 Å². The van der Waals surface area contributed by atoms with Gasteiger partial charge in [-0.25, -0.2) is 0 Å². The van der Waals surface area contributed by atoms with Gasteiger partial charge in [-0.1, -0.05) is 55.1 Å². The molecule has 0 atom stereocenters. The Balaban J connectivity index is 2.43. The molecule has 0 aliphatic heterocycles. The highest BCUT2D eigenvalue weighted by atomic mass is 16.2. The summed E-state index contributed by atoms with van der Waals surface area (Å²) in [6.45, 7) is 3.62. The van der Waals surface area contributed by atoms with Crippen LogP contribution < -0.4 is 5.73 Å². The average Bonchev–Trinajstić information content (AvgIpc) is 2.46. The normalized spacial score (nSPS) is 9.89. The summed E-state index contributed by atoms with van der Waals surface area (Å²) < 4.78 is 0. The van der Waals surface area contributed by atoms with Gasteiger partial charge in [0.2, 0.25) is 11.6 Å². The number of carbonyl (C=O) groups excluding carboxylic acids is 2. The van der Waals surface area contributed by atoms with E-state index in [2.05, 4.69) is 6.58 Å². The van der Waals surface area contributed by atoms with E-state index >= 15 is 0 Å². The zero-order valence-corrected chi connectivity index (χ0v) is 10.3. The maximum Gasteiger partial charge on any atom is 0.234 e. The Bertz CT molecular complexity index is 645. The number of ketones is 2. The first kappa shape index (κ1) is 12.8. The molecule has 0 amide bonds. The number of nitrogens with two attached hydrogens (primary N) is 1. The predicted octanol–water partition coefficient (Wildman–Crippen LogP) is 2.98. The molecule has 2 rings (SSSR count). The van der Waals surface area contributed by atoms with Gasteiger partial charge in [0.15, 0.2) is 0 Å². The van der Waals surface area contributed by atoms with E-state index in [1.54, 1.807) is 48.5 Å².